The van der Waals surface area contributed by atoms with Gasteiger partial charge in [-0.25, -0.2) is 4.98 Å². The molecule has 3 rings (SSSR count). The molecule has 2 aromatic rings. The molecule has 0 unspecified atom stereocenters. The van der Waals surface area contributed by atoms with E-state index in [1.54, 1.807) is 18.3 Å². The summed E-state index contributed by atoms with van der Waals surface area (Å²) in [6, 6.07) is 3.21. The van der Waals surface area contributed by atoms with Crippen LogP contribution in [0.15, 0.2) is 30.9 Å². The molecule has 9 heteroatoms. The SMILES string of the molecule is CCCO[C@@H]1CC[C@H](C(=O)NCc2ncn[nH]2)C[C@H]1NC(=O)c1cccnc1. The number of aromatic nitrogens is 4. The Morgan fingerprint density at radius 3 is 2.96 bits per heavy atom. The largest absolute Gasteiger partial charge is 0.376 e. The van der Waals surface area contributed by atoms with E-state index in [0.717, 1.165) is 19.3 Å². The van der Waals surface area contributed by atoms with Crippen LogP contribution in [0.3, 0.4) is 0 Å². The van der Waals surface area contributed by atoms with Crippen LogP contribution in [0.5, 0.6) is 0 Å². The summed E-state index contributed by atoms with van der Waals surface area (Å²) in [5, 5.41) is 12.4. The molecule has 9 nitrogen and oxygen atoms in total. The summed E-state index contributed by atoms with van der Waals surface area (Å²) < 4.78 is 5.94. The van der Waals surface area contributed by atoms with E-state index in [-0.39, 0.29) is 29.9 Å². The predicted molar refractivity (Wildman–Crippen MR) is 101 cm³/mol. The summed E-state index contributed by atoms with van der Waals surface area (Å²) in [5.74, 6) is 0.162. The zero-order valence-corrected chi connectivity index (χ0v) is 15.9. The lowest BCUT2D eigenvalue weighted by molar-refractivity contribution is -0.127. The number of aromatic amines is 1. The molecule has 0 saturated heterocycles. The van der Waals surface area contributed by atoms with E-state index in [0.29, 0.717) is 31.0 Å². The first-order valence-electron chi connectivity index (χ1n) is 9.61. The van der Waals surface area contributed by atoms with Crippen molar-refractivity contribution < 1.29 is 14.3 Å². The van der Waals surface area contributed by atoms with Gasteiger partial charge in [-0.3, -0.25) is 19.7 Å². The molecule has 0 radical (unpaired) electrons. The van der Waals surface area contributed by atoms with Crippen molar-refractivity contribution in [1.82, 2.24) is 30.8 Å². The van der Waals surface area contributed by atoms with Gasteiger partial charge in [-0.15, -0.1) is 0 Å². The standard InChI is InChI=1S/C19H26N6O3/c1-2-8-28-16-6-5-13(18(26)21-11-17-22-12-23-25-17)9-15(16)24-19(27)14-4-3-7-20-10-14/h3-4,7,10,12-13,15-16H,2,5-6,8-9,11H2,1H3,(H,21,26)(H,24,27)(H,22,23,25)/t13-,15+,16+/m0/s1. The first kappa shape index (κ1) is 19.9. The lowest BCUT2D eigenvalue weighted by Crippen LogP contribution is -2.50. The van der Waals surface area contributed by atoms with E-state index >= 15 is 0 Å². The molecule has 1 saturated carbocycles. The molecule has 2 amide bonds. The second kappa shape index (κ2) is 9.93. The van der Waals surface area contributed by atoms with Crippen LogP contribution in [-0.4, -0.2) is 50.7 Å². The van der Waals surface area contributed by atoms with Crippen LogP contribution in [0.1, 0.15) is 48.8 Å². The molecule has 3 atom stereocenters. The van der Waals surface area contributed by atoms with Crippen LogP contribution in [0.2, 0.25) is 0 Å². The minimum atomic E-state index is -0.228. The van der Waals surface area contributed by atoms with E-state index in [1.807, 2.05) is 6.92 Å². The molecular formula is C19H26N6O3. The summed E-state index contributed by atoms with van der Waals surface area (Å²) >= 11 is 0. The fraction of sp³-hybridized carbons (Fsp3) is 0.526. The Bertz CT molecular complexity index is 752. The van der Waals surface area contributed by atoms with Crippen LogP contribution in [0, 0.1) is 5.92 Å². The summed E-state index contributed by atoms with van der Waals surface area (Å²) in [5.41, 5.74) is 0.494. The van der Waals surface area contributed by atoms with Crippen molar-refractivity contribution in [1.29, 1.82) is 0 Å². The maximum absolute atomic E-state index is 12.6. The highest BCUT2D eigenvalue weighted by molar-refractivity contribution is 5.94. The van der Waals surface area contributed by atoms with Crippen molar-refractivity contribution in [3.8, 4) is 0 Å². The molecule has 0 bridgehead atoms. The van der Waals surface area contributed by atoms with Gasteiger partial charge in [0.05, 0.1) is 24.3 Å². The minimum Gasteiger partial charge on any atom is -0.376 e. The van der Waals surface area contributed by atoms with E-state index in [4.69, 9.17) is 4.74 Å². The average Bonchev–Trinajstić information content (AvgIpc) is 3.25. The molecule has 0 aliphatic heterocycles. The molecular weight excluding hydrogens is 360 g/mol. The highest BCUT2D eigenvalue weighted by atomic mass is 16.5. The van der Waals surface area contributed by atoms with Crippen molar-refractivity contribution in [2.75, 3.05) is 6.61 Å². The number of amides is 2. The van der Waals surface area contributed by atoms with Gasteiger partial charge < -0.3 is 15.4 Å². The Balaban J connectivity index is 1.61. The van der Waals surface area contributed by atoms with Gasteiger partial charge >= 0.3 is 0 Å². The second-order valence-electron chi connectivity index (χ2n) is 6.89. The second-order valence-corrected chi connectivity index (χ2v) is 6.89. The van der Waals surface area contributed by atoms with E-state index in [2.05, 4.69) is 30.8 Å². The van der Waals surface area contributed by atoms with Crippen molar-refractivity contribution in [2.24, 2.45) is 5.92 Å². The third-order valence-corrected chi connectivity index (χ3v) is 4.83. The Hall–Kier alpha value is -2.81. The number of rotatable bonds is 8. The maximum atomic E-state index is 12.6. The average molecular weight is 386 g/mol. The molecule has 28 heavy (non-hydrogen) atoms. The number of H-pyrrole nitrogens is 1. The molecule has 3 N–H and O–H groups in total. The Morgan fingerprint density at radius 2 is 2.25 bits per heavy atom. The minimum absolute atomic E-state index is 0.0500. The summed E-state index contributed by atoms with van der Waals surface area (Å²) in [4.78, 5) is 33.1. The molecule has 1 aliphatic carbocycles. The number of pyridine rings is 1. The number of ether oxygens (including phenoxy) is 1. The fourth-order valence-corrected chi connectivity index (χ4v) is 3.38. The summed E-state index contributed by atoms with van der Waals surface area (Å²) in [6.45, 7) is 2.98. The highest BCUT2D eigenvalue weighted by Crippen LogP contribution is 2.27. The Morgan fingerprint density at radius 1 is 1.36 bits per heavy atom. The van der Waals surface area contributed by atoms with E-state index < -0.39 is 0 Å². The molecule has 1 aliphatic rings. The van der Waals surface area contributed by atoms with Gasteiger partial charge in [0.2, 0.25) is 5.91 Å². The van der Waals surface area contributed by atoms with Gasteiger partial charge in [-0.05, 0) is 37.8 Å². The van der Waals surface area contributed by atoms with Crippen LogP contribution < -0.4 is 10.6 Å². The van der Waals surface area contributed by atoms with Crippen LogP contribution in [0.4, 0.5) is 0 Å². The molecule has 150 valence electrons. The van der Waals surface area contributed by atoms with Crippen LogP contribution in [0.25, 0.3) is 0 Å². The molecule has 1 fully saturated rings. The van der Waals surface area contributed by atoms with Gasteiger partial charge in [-0.1, -0.05) is 6.92 Å². The van der Waals surface area contributed by atoms with Crippen molar-refractivity contribution in [3.63, 3.8) is 0 Å². The zero-order chi connectivity index (χ0) is 19.8. The van der Waals surface area contributed by atoms with Gasteiger partial charge in [0.1, 0.15) is 12.2 Å². The number of nitrogens with one attached hydrogen (secondary N) is 3. The molecule has 0 spiro atoms. The van der Waals surface area contributed by atoms with E-state index in [1.165, 1.54) is 12.5 Å². The van der Waals surface area contributed by atoms with Crippen molar-refractivity contribution >= 4 is 11.8 Å². The number of carbonyl (C=O) groups is 2. The number of hydrogen-bond donors (Lipinski definition) is 3. The highest BCUT2D eigenvalue weighted by Gasteiger charge is 2.35. The smallest absolute Gasteiger partial charge is 0.253 e. The predicted octanol–water partition coefficient (Wildman–Crippen LogP) is 1.21. The molecule has 2 heterocycles. The monoisotopic (exact) mass is 386 g/mol. The topological polar surface area (TPSA) is 122 Å². The summed E-state index contributed by atoms with van der Waals surface area (Å²) in [7, 11) is 0. The lowest BCUT2D eigenvalue weighted by Gasteiger charge is -2.36. The van der Waals surface area contributed by atoms with Crippen LogP contribution >= 0.6 is 0 Å². The fourth-order valence-electron chi connectivity index (χ4n) is 3.38. The Kier molecular flexibility index (Phi) is 7.07. The van der Waals surface area contributed by atoms with Gasteiger partial charge in [-0.2, -0.15) is 5.10 Å². The third-order valence-electron chi connectivity index (χ3n) is 4.83. The normalized spacial score (nSPS) is 21.8. The van der Waals surface area contributed by atoms with Gasteiger partial charge in [0, 0.05) is 24.9 Å². The van der Waals surface area contributed by atoms with Crippen LogP contribution in [-0.2, 0) is 16.1 Å². The lowest BCUT2D eigenvalue weighted by atomic mass is 9.83. The maximum Gasteiger partial charge on any atom is 0.253 e. The van der Waals surface area contributed by atoms with Crippen molar-refractivity contribution in [2.45, 2.75) is 51.3 Å². The van der Waals surface area contributed by atoms with E-state index in [9.17, 15) is 9.59 Å². The van der Waals surface area contributed by atoms with Gasteiger partial charge in [0.15, 0.2) is 0 Å². The molecule has 0 aromatic carbocycles. The van der Waals surface area contributed by atoms with Gasteiger partial charge in [0.25, 0.3) is 5.91 Å². The third kappa shape index (κ3) is 5.35. The Labute approximate surface area is 163 Å². The number of hydrogen-bond acceptors (Lipinski definition) is 6. The zero-order valence-electron chi connectivity index (χ0n) is 15.9. The number of carbonyl (C=O) groups excluding carboxylic acids is 2. The first-order chi connectivity index (χ1) is 13.7. The quantitative estimate of drug-likeness (QED) is 0.627. The number of nitrogens with zero attached hydrogens (tertiary/aromatic N) is 3. The molecule has 2 aromatic heterocycles. The first-order valence-corrected chi connectivity index (χ1v) is 9.61. The summed E-state index contributed by atoms with van der Waals surface area (Å²) in [6.07, 6.45) is 7.33. The van der Waals surface area contributed by atoms with Crippen molar-refractivity contribution in [3.05, 3.63) is 42.2 Å².